The Morgan fingerprint density at radius 3 is 2.63 bits per heavy atom. The van der Waals surface area contributed by atoms with Crippen molar-refractivity contribution in [1.29, 1.82) is 0 Å². The number of nitrogens with one attached hydrogen (secondary N) is 2. The van der Waals surface area contributed by atoms with Crippen molar-refractivity contribution in [2.45, 2.75) is 64.1 Å². The predicted molar refractivity (Wildman–Crippen MR) is 120 cm³/mol. The first-order chi connectivity index (χ1) is 14.5. The molecule has 166 valence electrons. The zero-order valence-electron chi connectivity index (χ0n) is 18.8. The maximum absolute atomic E-state index is 13.3. The molecule has 2 aliphatic rings. The lowest BCUT2D eigenvalue weighted by atomic mass is 9.96. The molecular formula is C24H38N4O2. The molecular weight excluding hydrogens is 376 g/mol. The Balaban J connectivity index is 1.62. The first-order valence-corrected chi connectivity index (χ1v) is 11.6. The van der Waals surface area contributed by atoms with E-state index in [4.69, 9.17) is 0 Å². The van der Waals surface area contributed by atoms with Crippen molar-refractivity contribution in [2.75, 3.05) is 33.2 Å². The van der Waals surface area contributed by atoms with E-state index in [2.05, 4.69) is 50.8 Å². The van der Waals surface area contributed by atoms with Crippen LogP contribution in [0.5, 0.6) is 0 Å². The van der Waals surface area contributed by atoms with Crippen LogP contribution < -0.4 is 10.6 Å². The van der Waals surface area contributed by atoms with E-state index < -0.39 is 6.04 Å². The fourth-order valence-corrected chi connectivity index (χ4v) is 4.81. The van der Waals surface area contributed by atoms with Crippen LogP contribution in [0.1, 0.15) is 45.1 Å². The highest BCUT2D eigenvalue weighted by molar-refractivity contribution is 5.89. The Kier molecular flexibility index (Phi) is 8.28. The molecule has 2 aliphatic heterocycles. The lowest BCUT2D eigenvalue weighted by Crippen LogP contribution is -2.55. The number of fused-ring (bicyclic) bond motifs is 1. The molecule has 0 saturated carbocycles. The third-order valence-corrected chi connectivity index (χ3v) is 6.87. The molecule has 0 aromatic heterocycles. The minimum Gasteiger partial charge on any atom is -0.343 e. The minimum absolute atomic E-state index is 0.0894. The van der Waals surface area contributed by atoms with Gasteiger partial charge in [-0.05, 0) is 64.1 Å². The van der Waals surface area contributed by atoms with Crippen molar-refractivity contribution < 1.29 is 9.59 Å². The Labute approximate surface area is 181 Å². The monoisotopic (exact) mass is 414 g/mol. The zero-order valence-corrected chi connectivity index (χ0v) is 18.8. The van der Waals surface area contributed by atoms with Gasteiger partial charge in [0.1, 0.15) is 6.04 Å². The lowest BCUT2D eigenvalue weighted by molar-refractivity contribution is -0.138. The maximum Gasteiger partial charge on any atom is 0.245 e. The first-order valence-electron chi connectivity index (χ1n) is 11.6. The van der Waals surface area contributed by atoms with E-state index in [9.17, 15) is 9.59 Å². The number of hydrogen-bond acceptors (Lipinski definition) is 4. The van der Waals surface area contributed by atoms with Gasteiger partial charge >= 0.3 is 0 Å². The molecule has 0 bridgehead atoms. The van der Waals surface area contributed by atoms with Crippen LogP contribution in [0, 0.1) is 5.92 Å². The Morgan fingerprint density at radius 1 is 1.17 bits per heavy atom. The number of benzene rings is 1. The molecule has 2 N–H and O–H groups in total. The van der Waals surface area contributed by atoms with Gasteiger partial charge in [-0.3, -0.25) is 9.59 Å². The molecule has 3 rings (SSSR count). The van der Waals surface area contributed by atoms with E-state index in [-0.39, 0.29) is 23.9 Å². The van der Waals surface area contributed by atoms with Crippen LogP contribution >= 0.6 is 0 Å². The fourth-order valence-electron chi connectivity index (χ4n) is 4.81. The normalized spacial score (nSPS) is 24.0. The van der Waals surface area contributed by atoms with E-state index in [0.717, 1.165) is 39.0 Å². The Morgan fingerprint density at radius 2 is 1.93 bits per heavy atom. The quantitative estimate of drug-likeness (QED) is 0.683. The zero-order chi connectivity index (χ0) is 21.5. The predicted octanol–water partition coefficient (Wildman–Crippen LogP) is 2.04. The van der Waals surface area contributed by atoms with Crippen LogP contribution in [0.15, 0.2) is 30.3 Å². The molecule has 4 atom stereocenters. The second kappa shape index (κ2) is 10.9. The number of rotatable bonds is 8. The third kappa shape index (κ3) is 5.61. The summed E-state index contributed by atoms with van der Waals surface area (Å²) in [6.45, 7) is 7.68. The summed E-state index contributed by atoms with van der Waals surface area (Å²) in [6, 6.07) is 10.2. The van der Waals surface area contributed by atoms with Gasteiger partial charge in [-0.1, -0.05) is 37.3 Å². The largest absolute Gasteiger partial charge is 0.343 e. The highest BCUT2D eigenvalue weighted by Crippen LogP contribution is 2.32. The Bertz CT molecular complexity index is 696. The molecule has 30 heavy (non-hydrogen) atoms. The van der Waals surface area contributed by atoms with E-state index in [0.29, 0.717) is 12.3 Å². The summed E-state index contributed by atoms with van der Waals surface area (Å²) in [5.41, 5.74) is 1.37. The van der Waals surface area contributed by atoms with Gasteiger partial charge in [0.2, 0.25) is 11.8 Å². The van der Waals surface area contributed by atoms with Gasteiger partial charge in [0, 0.05) is 25.7 Å². The van der Waals surface area contributed by atoms with Crippen molar-refractivity contribution >= 4 is 11.8 Å². The second-order valence-corrected chi connectivity index (χ2v) is 8.81. The highest BCUT2D eigenvalue weighted by Gasteiger charge is 2.41. The lowest BCUT2D eigenvalue weighted by Gasteiger charge is -2.33. The summed E-state index contributed by atoms with van der Waals surface area (Å²) in [5.74, 6) is 0.561. The number of hydrogen-bond donors (Lipinski definition) is 2. The fraction of sp³-hybridized carbons (Fsp3) is 0.667. The van der Waals surface area contributed by atoms with Crippen LogP contribution in [0.4, 0.5) is 0 Å². The highest BCUT2D eigenvalue weighted by atomic mass is 16.2. The van der Waals surface area contributed by atoms with Gasteiger partial charge in [0.25, 0.3) is 0 Å². The molecule has 6 heteroatoms. The number of likely N-dealkylation sites (tertiary alicyclic amines) is 2. The molecule has 0 radical (unpaired) electrons. The van der Waals surface area contributed by atoms with Crippen LogP contribution in [0.3, 0.4) is 0 Å². The van der Waals surface area contributed by atoms with Crippen molar-refractivity contribution in [3.63, 3.8) is 0 Å². The van der Waals surface area contributed by atoms with Gasteiger partial charge in [0.05, 0.1) is 6.04 Å². The van der Waals surface area contributed by atoms with E-state index in [1.54, 1.807) is 7.05 Å². The molecule has 1 aromatic carbocycles. The third-order valence-electron chi connectivity index (χ3n) is 6.87. The smallest absolute Gasteiger partial charge is 0.245 e. The van der Waals surface area contributed by atoms with Crippen LogP contribution in [-0.4, -0.2) is 73.0 Å². The van der Waals surface area contributed by atoms with Gasteiger partial charge in [-0.2, -0.15) is 0 Å². The van der Waals surface area contributed by atoms with Crippen molar-refractivity contribution in [3.8, 4) is 0 Å². The Hall–Kier alpha value is -1.92. The SMILES string of the molecule is CC[C@H](NC(=O)[C@H](C)NC)C(=O)N1CC[C@H]2CCCN(CCc3ccccc3)C[C@H]21. The second-order valence-electron chi connectivity index (χ2n) is 8.81. The van der Waals surface area contributed by atoms with E-state index in [1.807, 2.05) is 13.8 Å². The topological polar surface area (TPSA) is 64.7 Å². The molecule has 0 aliphatic carbocycles. The number of amides is 2. The molecule has 2 heterocycles. The van der Waals surface area contributed by atoms with Gasteiger partial charge < -0.3 is 20.4 Å². The van der Waals surface area contributed by atoms with Gasteiger partial charge in [-0.15, -0.1) is 0 Å². The summed E-state index contributed by atoms with van der Waals surface area (Å²) < 4.78 is 0. The van der Waals surface area contributed by atoms with Crippen LogP contribution in [0.25, 0.3) is 0 Å². The van der Waals surface area contributed by atoms with Crippen LogP contribution in [-0.2, 0) is 16.0 Å². The molecule has 6 nitrogen and oxygen atoms in total. The summed E-state index contributed by atoms with van der Waals surface area (Å²) in [6.07, 6.45) is 5.14. The summed E-state index contributed by atoms with van der Waals surface area (Å²) in [4.78, 5) is 30.3. The molecule has 2 amide bonds. The molecule has 2 saturated heterocycles. The number of likely N-dealkylation sites (N-methyl/N-ethyl adjacent to an activating group) is 1. The maximum atomic E-state index is 13.3. The molecule has 0 unspecified atom stereocenters. The summed E-state index contributed by atoms with van der Waals surface area (Å²) in [7, 11) is 1.76. The minimum atomic E-state index is -0.437. The van der Waals surface area contributed by atoms with Crippen LogP contribution in [0.2, 0.25) is 0 Å². The van der Waals surface area contributed by atoms with Crippen molar-refractivity contribution in [1.82, 2.24) is 20.4 Å². The summed E-state index contributed by atoms with van der Waals surface area (Å²) >= 11 is 0. The van der Waals surface area contributed by atoms with E-state index in [1.165, 1.54) is 18.4 Å². The average molecular weight is 415 g/mol. The first kappa shape index (κ1) is 22.8. The molecule has 1 aromatic rings. The molecule has 2 fully saturated rings. The van der Waals surface area contributed by atoms with Crippen molar-refractivity contribution in [3.05, 3.63) is 35.9 Å². The molecule has 0 spiro atoms. The van der Waals surface area contributed by atoms with Gasteiger partial charge in [0.15, 0.2) is 0 Å². The van der Waals surface area contributed by atoms with E-state index >= 15 is 0 Å². The average Bonchev–Trinajstić information content (AvgIpc) is 3.05. The summed E-state index contributed by atoms with van der Waals surface area (Å²) in [5, 5.41) is 5.90. The number of nitrogens with zero attached hydrogens (tertiary/aromatic N) is 2. The van der Waals surface area contributed by atoms with Gasteiger partial charge in [-0.25, -0.2) is 0 Å². The standard InChI is InChI=1S/C24H38N4O2/c1-4-21(26-23(29)18(2)25-3)24(30)28-16-13-20-11-8-14-27(17-22(20)28)15-12-19-9-6-5-7-10-19/h5-7,9-10,18,20-22,25H,4,8,11-17H2,1-3H3,(H,26,29)/t18-,20+,21-,22+/m0/s1. The van der Waals surface area contributed by atoms with Crippen molar-refractivity contribution in [2.24, 2.45) is 5.92 Å². The number of carbonyl (C=O) groups excluding carboxylic acids is 2. The number of carbonyl (C=O) groups is 2.